The van der Waals surface area contributed by atoms with Gasteiger partial charge in [0.2, 0.25) is 21.8 Å². The molecule has 1 aromatic carbocycles. The normalized spacial score (nSPS) is 19.1. The number of rotatable bonds is 6. The molecule has 1 aliphatic heterocycles. The van der Waals surface area contributed by atoms with Gasteiger partial charge in [-0.2, -0.15) is 4.31 Å². The van der Waals surface area contributed by atoms with Gasteiger partial charge in [-0.3, -0.25) is 9.59 Å². The standard InChI is InChI=1S/C16H23N3O4S/c1-12(2)11-18-15(20)10-14-16(21)17-8-9-19(14)24(22,23)13-6-4-3-5-7-13/h3-7,12,14H,8-11H2,1-2H3,(H,17,21)(H,18,20)/t14-/m1/s1. The van der Waals surface area contributed by atoms with Crippen LogP contribution in [0.4, 0.5) is 0 Å². The van der Waals surface area contributed by atoms with Gasteiger partial charge in [-0.05, 0) is 18.1 Å². The molecular formula is C16H23N3O4S. The third kappa shape index (κ3) is 4.33. The number of carbonyl (C=O) groups is 2. The van der Waals surface area contributed by atoms with Crippen molar-refractivity contribution in [2.24, 2.45) is 5.92 Å². The Labute approximate surface area is 142 Å². The summed E-state index contributed by atoms with van der Waals surface area (Å²) < 4.78 is 26.7. The first-order valence-corrected chi connectivity index (χ1v) is 9.37. The fourth-order valence-corrected chi connectivity index (χ4v) is 4.08. The quantitative estimate of drug-likeness (QED) is 0.771. The van der Waals surface area contributed by atoms with Gasteiger partial charge in [0.05, 0.1) is 11.3 Å². The summed E-state index contributed by atoms with van der Waals surface area (Å²) in [5.41, 5.74) is 0. The predicted molar refractivity (Wildman–Crippen MR) is 89.6 cm³/mol. The Morgan fingerprint density at radius 2 is 2.00 bits per heavy atom. The van der Waals surface area contributed by atoms with Crippen LogP contribution in [0.2, 0.25) is 0 Å². The Morgan fingerprint density at radius 3 is 2.62 bits per heavy atom. The third-order valence-electron chi connectivity index (χ3n) is 3.72. The average Bonchev–Trinajstić information content (AvgIpc) is 2.55. The zero-order valence-electron chi connectivity index (χ0n) is 13.9. The minimum Gasteiger partial charge on any atom is -0.356 e. The summed E-state index contributed by atoms with van der Waals surface area (Å²) in [5, 5.41) is 5.35. The lowest BCUT2D eigenvalue weighted by Gasteiger charge is -2.33. The maximum Gasteiger partial charge on any atom is 0.243 e. The van der Waals surface area contributed by atoms with Crippen LogP contribution < -0.4 is 10.6 Å². The van der Waals surface area contributed by atoms with E-state index in [-0.39, 0.29) is 36.2 Å². The van der Waals surface area contributed by atoms with Gasteiger partial charge in [0.15, 0.2) is 0 Å². The van der Waals surface area contributed by atoms with Crippen LogP contribution in [0.25, 0.3) is 0 Å². The van der Waals surface area contributed by atoms with Crippen LogP contribution in [0, 0.1) is 5.92 Å². The lowest BCUT2D eigenvalue weighted by Crippen LogP contribution is -2.58. The summed E-state index contributed by atoms with van der Waals surface area (Å²) in [6.07, 6.45) is -0.190. The molecule has 132 valence electrons. The van der Waals surface area contributed by atoms with Gasteiger partial charge >= 0.3 is 0 Å². The molecule has 2 rings (SSSR count). The molecule has 1 saturated heterocycles. The maximum absolute atomic E-state index is 12.8. The predicted octanol–water partition coefficient (Wildman–Crippen LogP) is 0.338. The number of nitrogens with zero attached hydrogens (tertiary/aromatic N) is 1. The topological polar surface area (TPSA) is 95.6 Å². The second-order valence-corrected chi connectivity index (χ2v) is 8.03. The van der Waals surface area contributed by atoms with Crippen LogP contribution in [0.1, 0.15) is 20.3 Å². The van der Waals surface area contributed by atoms with Gasteiger partial charge in [0.25, 0.3) is 0 Å². The van der Waals surface area contributed by atoms with Crippen molar-refractivity contribution in [3.63, 3.8) is 0 Å². The Morgan fingerprint density at radius 1 is 1.33 bits per heavy atom. The molecule has 1 heterocycles. The number of carbonyl (C=O) groups excluding carboxylic acids is 2. The second kappa shape index (κ2) is 7.76. The van der Waals surface area contributed by atoms with Crippen molar-refractivity contribution in [2.45, 2.75) is 31.2 Å². The van der Waals surface area contributed by atoms with Crippen LogP contribution >= 0.6 is 0 Å². The lowest BCUT2D eigenvalue weighted by atomic mass is 10.1. The largest absolute Gasteiger partial charge is 0.356 e. The van der Waals surface area contributed by atoms with Crippen molar-refractivity contribution >= 4 is 21.8 Å². The number of hydrogen-bond acceptors (Lipinski definition) is 4. The van der Waals surface area contributed by atoms with E-state index in [4.69, 9.17) is 0 Å². The van der Waals surface area contributed by atoms with Gasteiger partial charge in [-0.25, -0.2) is 8.42 Å². The first-order chi connectivity index (χ1) is 11.3. The van der Waals surface area contributed by atoms with E-state index in [0.29, 0.717) is 6.54 Å². The molecule has 1 aromatic rings. The zero-order valence-corrected chi connectivity index (χ0v) is 14.7. The molecule has 0 bridgehead atoms. The second-order valence-electron chi connectivity index (χ2n) is 6.14. The average molecular weight is 353 g/mol. The summed E-state index contributed by atoms with van der Waals surface area (Å²) in [6.45, 7) is 4.78. The fourth-order valence-electron chi connectivity index (χ4n) is 2.47. The van der Waals surface area contributed by atoms with Crippen molar-refractivity contribution < 1.29 is 18.0 Å². The van der Waals surface area contributed by atoms with E-state index in [1.807, 2.05) is 13.8 Å². The van der Waals surface area contributed by atoms with Crippen molar-refractivity contribution in [2.75, 3.05) is 19.6 Å². The molecule has 0 aromatic heterocycles. The Bertz CT molecular complexity index is 689. The molecule has 2 amide bonds. The molecule has 2 N–H and O–H groups in total. The minimum absolute atomic E-state index is 0.118. The van der Waals surface area contributed by atoms with Crippen molar-refractivity contribution in [3.05, 3.63) is 30.3 Å². The van der Waals surface area contributed by atoms with E-state index in [2.05, 4.69) is 10.6 Å². The molecule has 0 spiro atoms. The number of nitrogens with one attached hydrogen (secondary N) is 2. The van der Waals surface area contributed by atoms with Crippen molar-refractivity contribution in [3.8, 4) is 0 Å². The summed E-state index contributed by atoms with van der Waals surface area (Å²) in [6, 6.07) is 6.91. The molecule has 1 aliphatic rings. The fraction of sp³-hybridized carbons (Fsp3) is 0.500. The zero-order chi connectivity index (χ0) is 17.7. The first kappa shape index (κ1) is 18.4. The van der Waals surface area contributed by atoms with E-state index in [1.54, 1.807) is 18.2 Å². The number of piperazine rings is 1. The SMILES string of the molecule is CC(C)CNC(=O)C[C@@H]1C(=O)NCCN1S(=O)(=O)c1ccccc1. The van der Waals surface area contributed by atoms with Crippen LogP contribution in [-0.4, -0.2) is 50.2 Å². The number of hydrogen-bond donors (Lipinski definition) is 2. The van der Waals surface area contributed by atoms with Crippen molar-refractivity contribution in [1.29, 1.82) is 0 Å². The van der Waals surface area contributed by atoms with E-state index in [1.165, 1.54) is 12.1 Å². The molecule has 7 nitrogen and oxygen atoms in total. The molecule has 0 aliphatic carbocycles. The van der Waals surface area contributed by atoms with Crippen LogP contribution in [0.3, 0.4) is 0 Å². The Balaban J connectivity index is 2.20. The van der Waals surface area contributed by atoms with Gasteiger partial charge in [-0.1, -0.05) is 32.0 Å². The molecule has 8 heteroatoms. The third-order valence-corrected chi connectivity index (χ3v) is 5.64. The molecular weight excluding hydrogens is 330 g/mol. The summed E-state index contributed by atoms with van der Waals surface area (Å²) in [7, 11) is -3.83. The highest BCUT2D eigenvalue weighted by Gasteiger charge is 2.39. The summed E-state index contributed by atoms with van der Waals surface area (Å²) in [5.74, 6) is -0.502. The molecule has 24 heavy (non-hydrogen) atoms. The Hall–Kier alpha value is -1.93. The van der Waals surface area contributed by atoms with Crippen LogP contribution in [-0.2, 0) is 19.6 Å². The van der Waals surface area contributed by atoms with Gasteiger partial charge < -0.3 is 10.6 Å². The molecule has 0 radical (unpaired) electrons. The maximum atomic E-state index is 12.8. The lowest BCUT2D eigenvalue weighted by molar-refractivity contribution is -0.131. The first-order valence-electron chi connectivity index (χ1n) is 7.93. The van der Waals surface area contributed by atoms with E-state index in [9.17, 15) is 18.0 Å². The van der Waals surface area contributed by atoms with Gasteiger partial charge in [0, 0.05) is 19.6 Å². The van der Waals surface area contributed by atoms with Gasteiger partial charge in [-0.15, -0.1) is 0 Å². The molecule has 1 fully saturated rings. The van der Waals surface area contributed by atoms with Crippen LogP contribution in [0.15, 0.2) is 35.2 Å². The number of benzene rings is 1. The molecule has 0 saturated carbocycles. The van der Waals surface area contributed by atoms with Crippen molar-refractivity contribution in [1.82, 2.24) is 14.9 Å². The summed E-state index contributed by atoms with van der Waals surface area (Å²) >= 11 is 0. The highest BCUT2D eigenvalue weighted by molar-refractivity contribution is 7.89. The Kier molecular flexibility index (Phi) is 5.95. The smallest absolute Gasteiger partial charge is 0.243 e. The number of amides is 2. The monoisotopic (exact) mass is 353 g/mol. The highest BCUT2D eigenvalue weighted by Crippen LogP contribution is 2.21. The molecule has 1 atom stereocenters. The van der Waals surface area contributed by atoms with E-state index in [0.717, 1.165) is 4.31 Å². The van der Waals surface area contributed by atoms with Crippen LogP contribution in [0.5, 0.6) is 0 Å². The summed E-state index contributed by atoms with van der Waals surface area (Å²) in [4.78, 5) is 24.3. The van der Waals surface area contributed by atoms with E-state index < -0.39 is 22.0 Å². The van der Waals surface area contributed by atoms with Gasteiger partial charge in [0.1, 0.15) is 6.04 Å². The minimum atomic E-state index is -3.83. The molecule has 0 unspecified atom stereocenters. The highest BCUT2D eigenvalue weighted by atomic mass is 32.2. The van der Waals surface area contributed by atoms with E-state index >= 15 is 0 Å². The number of sulfonamides is 1.